The number of nitro groups is 1. The van der Waals surface area contributed by atoms with Crippen LogP contribution in [-0.2, 0) is 0 Å². The van der Waals surface area contributed by atoms with Crippen molar-refractivity contribution in [1.29, 1.82) is 0 Å². The van der Waals surface area contributed by atoms with E-state index in [1.54, 1.807) is 6.07 Å². The largest absolute Gasteiger partial charge is 0.496 e. The summed E-state index contributed by atoms with van der Waals surface area (Å²) in [5.74, 6) is 0.513. The molecular weight excluding hydrogens is 246 g/mol. The van der Waals surface area contributed by atoms with Crippen LogP contribution >= 0.6 is 0 Å². The summed E-state index contributed by atoms with van der Waals surface area (Å²) in [4.78, 5) is 12.8. The maximum atomic E-state index is 11.0. The van der Waals surface area contributed by atoms with Gasteiger partial charge in [0.2, 0.25) is 0 Å². The second-order valence-corrected chi connectivity index (χ2v) is 5.29. The van der Waals surface area contributed by atoms with Gasteiger partial charge < -0.3 is 15.0 Å². The zero-order valence-electron chi connectivity index (χ0n) is 11.5. The van der Waals surface area contributed by atoms with E-state index in [1.165, 1.54) is 13.2 Å². The number of nitrogens with one attached hydrogen (secondary N) is 1. The first-order valence-corrected chi connectivity index (χ1v) is 6.26. The molecular formula is C13H19N3O3. The maximum absolute atomic E-state index is 11.0. The van der Waals surface area contributed by atoms with Crippen LogP contribution in [-0.4, -0.2) is 37.2 Å². The van der Waals surface area contributed by atoms with Crippen molar-refractivity contribution < 1.29 is 9.66 Å². The van der Waals surface area contributed by atoms with Crippen LogP contribution in [0.3, 0.4) is 0 Å². The zero-order valence-corrected chi connectivity index (χ0v) is 11.5. The molecule has 19 heavy (non-hydrogen) atoms. The summed E-state index contributed by atoms with van der Waals surface area (Å²) in [5, 5.41) is 14.3. The van der Waals surface area contributed by atoms with Gasteiger partial charge in [-0.2, -0.15) is 0 Å². The topological polar surface area (TPSA) is 67.6 Å². The van der Waals surface area contributed by atoms with Crippen LogP contribution in [0, 0.1) is 10.1 Å². The Morgan fingerprint density at radius 2 is 2.16 bits per heavy atom. The van der Waals surface area contributed by atoms with Gasteiger partial charge in [-0.1, -0.05) is 0 Å². The Hall–Kier alpha value is -1.82. The number of piperazine rings is 1. The predicted octanol–water partition coefficient (Wildman–Crippen LogP) is 1.79. The van der Waals surface area contributed by atoms with E-state index >= 15 is 0 Å². The third-order valence-corrected chi connectivity index (χ3v) is 3.43. The quantitative estimate of drug-likeness (QED) is 0.666. The van der Waals surface area contributed by atoms with E-state index in [0.29, 0.717) is 5.75 Å². The number of benzene rings is 1. The van der Waals surface area contributed by atoms with Crippen molar-refractivity contribution in [3.63, 3.8) is 0 Å². The lowest BCUT2D eigenvalue weighted by molar-refractivity contribution is -0.384. The van der Waals surface area contributed by atoms with Crippen LogP contribution in [0.25, 0.3) is 0 Å². The third kappa shape index (κ3) is 2.78. The molecule has 2 rings (SSSR count). The lowest BCUT2D eigenvalue weighted by atomic mass is 9.99. The van der Waals surface area contributed by atoms with Crippen molar-refractivity contribution in [3.8, 4) is 5.75 Å². The molecule has 1 aliphatic heterocycles. The molecule has 0 saturated carbocycles. The van der Waals surface area contributed by atoms with Crippen LogP contribution in [0.1, 0.15) is 13.8 Å². The SMILES string of the molecule is COc1cc(N2CCNCC2(C)C)cc([N+](=O)[O-])c1. The molecule has 0 amide bonds. The summed E-state index contributed by atoms with van der Waals surface area (Å²) in [5.41, 5.74) is 0.805. The van der Waals surface area contributed by atoms with Crippen LogP contribution < -0.4 is 15.0 Å². The number of hydrogen-bond acceptors (Lipinski definition) is 5. The molecule has 1 fully saturated rings. The average Bonchev–Trinajstić information content (AvgIpc) is 2.37. The summed E-state index contributed by atoms with van der Waals surface area (Å²) in [6.45, 7) is 6.76. The van der Waals surface area contributed by atoms with E-state index in [9.17, 15) is 10.1 Å². The normalized spacial score (nSPS) is 18.2. The molecule has 1 aromatic carbocycles. The molecule has 0 unspecified atom stereocenters. The molecule has 1 aromatic rings. The Kier molecular flexibility index (Phi) is 3.61. The van der Waals surface area contributed by atoms with Gasteiger partial charge >= 0.3 is 0 Å². The summed E-state index contributed by atoms with van der Waals surface area (Å²) < 4.78 is 5.16. The van der Waals surface area contributed by atoms with Gasteiger partial charge in [-0.05, 0) is 13.8 Å². The Labute approximate surface area is 112 Å². The van der Waals surface area contributed by atoms with Gasteiger partial charge in [0, 0.05) is 43.0 Å². The number of nitro benzene ring substituents is 1. The number of methoxy groups -OCH3 is 1. The molecule has 104 valence electrons. The van der Waals surface area contributed by atoms with Crippen molar-refractivity contribution in [2.45, 2.75) is 19.4 Å². The Balaban J connectivity index is 2.42. The second kappa shape index (κ2) is 5.05. The second-order valence-electron chi connectivity index (χ2n) is 5.29. The molecule has 6 nitrogen and oxygen atoms in total. The molecule has 0 spiro atoms. The molecule has 0 radical (unpaired) electrons. The van der Waals surface area contributed by atoms with Crippen molar-refractivity contribution in [1.82, 2.24) is 5.32 Å². The van der Waals surface area contributed by atoms with E-state index in [1.807, 2.05) is 6.07 Å². The number of anilines is 1. The van der Waals surface area contributed by atoms with Gasteiger partial charge in [0.25, 0.3) is 5.69 Å². The van der Waals surface area contributed by atoms with E-state index in [-0.39, 0.29) is 16.1 Å². The highest BCUT2D eigenvalue weighted by Gasteiger charge is 2.30. The van der Waals surface area contributed by atoms with E-state index in [4.69, 9.17) is 4.74 Å². The molecule has 1 heterocycles. The van der Waals surface area contributed by atoms with Gasteiger partial charge in [0.15, 0.2) is 0 Å². The van der Waals surface area contributed by atoms with E-state index < -0.39 is 0 Å². The monoisotopic (exact) mass is 265 g/mol. The van der Waals surface area contributed by atoms with Crippen LogP contribution in [0.2, 0.25) is 0 Å². The molecule has 0 atom stereocenters. The smallest absolute Gasteiger partial charge is 0.275 e. The Morgan fingerprint density at radius 3 is 2.74 bits per heavy atom. The lowest BCUT2D eigenvalue weighted by Crippen LogP contribution is -2.58. The van der Waals surface area contributed by atoms with Gasteiger partial charge in [-0.3, -0.25) is 10.1 Å². The zero-order chi connectivity index (χ0) is 14.0. The maximum Gasteiger partial charge on any atom is 0.275 e. The minimum atomic E-state index is -0.388. The first-order valence-electron chi connectivity index (χ1n) is 6.26. The summed E-state index contributed by atoms with van der Waals surface area (Å²) in [6.07, 6.45) is 0. The fourth-order valence-electron chi connectivity index (χ4n) is 2.41. The summed E-state index contributed by atoms with van der Waals surface area (Å²) >= 11 is 0. The van der Waals surface area contributed by atoms with Crippen LogP contribution in [0.15, 0.2) is 18.2 Å². The number of hydrogen-bond donors (Lipinski definition) is 1. The Bertz CT molecular complexity index is 488. The lowest BCUT2D eigenvalue weighted by Gasteiger charge is -2.44. The molecule has 6 heteroatoms. The van der Waals surface area contributed by atoms with Crippen molar-refractivity contribution in [2.75, 3.05) is 31.6 Å². The van der Waals surface area contributed by atoms with E-state index in [0.717, 1.165) is 25.3 Å². The minimum Gasteiger partial charge on any atom is -0.496 e. The molecule has 1 aliphatic rings. The third-order valence-electron chi connectivity index (χ3n) is 3.43. The van der Waals surface area contributed by atoms with Crippen molar-refractivity contribution >= 4 is 11.4 Å². The number of nitrogens with zero attached hydrogens (tertiary/aromatic N) is 2. The van der Waals surface area contributed by atoms with Crippen LogP contribution in [0.4, 0.5) is 11.4 Å². The van der Waals surface area contributed by atoms with Gasteiger partial charge in [-0.25, -0.2) is 0 Å². The van der Waals surface area contributed by atoms with Crippen LogP contribution in [0.5, 0.6) is 5.75 Å². The molecule has 0 bridgehead atoms. The van der Waals surface area contributed by atoms with E-state index in [2.05, 4.69) is 24.1 Å². The number of non-ortho nitro benzene ring substituents is 1. The first-order chi connectivity index (χ1) is 8.94. The molecule has 0 aromatic heterocycles. The fourth-order valence-corrected chi connectivity index (χ4v) is 2.41. The minimum absolute atomic E-state index is 0.0590. The van der Waals surface area contributed by atoms with Gasteiger partial charge in [0.1, 0.15) is 5.75 Å². The summed E-state index contributed by atoms with van der Waals surface area (Å²) in [6, 6.07) is 4.90. The predicted molar refractivity (Wildman–Crippen MR) is 73.9 cm³/mol. The van der Waals surface area contributed by atoms with Gasteiger partial charge in [-0.15, -0.1) is 0 Å². The van der Waals surface area contributed by atoms with Gasteiger partial charge in [0.05, 0.1) is 18.1 Å². The highest BCUT2D eigenvalue weighted by molar-refractivity contribution is 5.59. The number of rotatable bonds is 3. The molecule has 0 aliphatic carbocycles. The molecule has 1 N–H and O–H groups in total. The highest BCUT2D eigenvalue weighted by atomic mass is 16.6. The Morgan fingerprint density at radius 1 is 1.42 bits per heavy atom. The standard InChI is InChI=1S/C13H19N3O3/c1-13(2)9-14-4-5-15(13)10-6-11(16(17)18)8-12(7-10)19-3/h6-8,14H,4-5,9H2,1-3H3. The fraction of sp³-hybridized carbons (Fsp3) is 0.538. The number of ether oxygens (including phenoxy) is 1. The van der Waals surface area contributed by atoms with Crippen molar-refractivity contribution in [3.05, 3.63) is 28.3 Å². The average molecular weight is 265 g/mol. The first kappa shape index (κ1) is 13.6. The summed E-state index contributed by atoms with van der Waals surface area (Å²) in [7, 11) is 1.52. The molecule has 1 saturated heterocycles. The highest BCUT2D eigenvalue weighted by Crippen LogP contribution is 2.32. The van der Waals surface area contributed by atoms with Crippen molar-refractivity contribution in [2.24, 2.45) is 0 Å².